The van der Waals surface area contributed by atoms with Crippen molar-refractivity contribution in [3.8, 4) is 0 Å². The zero-order valence-electron chi connectivity index (χ0n) is 15.6. The molecule has 2 atom stereocenters. The summed E-state index contributed by atoms with van der Waals surface area (Å²) < 4.78 is 5.80. The Hall–Kier alpha value is -1.59. The van der Waals surface area contributed by atoms with E-state index in [0.717, 1.165) is 37.4 Å². The Kier molecular flexibility index (Phi) is 6.63. The summed E-state index contributed by atoms with van der Waals surface area (Å²) in [4.78, 5) is 16.5. The Morgan fingerprint density at radius 2 is 1.92 bits per heavy atom. The summed E-state index contributed by atoms with van der Waals surface area (Å²) >= 11 is 0. The Morgan fingerprint density at radius 1 is 1.29 bits per heavy atom. The third-order valence-corrected chi connectivity index (χ3v) is 4.13. The monoisotopic (exact) mass is 333 g/mol. The van der Waals surface area contributed by atoms with Crippen LogP contribution in [-0.4, -0.2) is 54.7 Å². The van der Waals surface area contributed by atoms with E-state index in [1.165, 1.54) is 0 Å². The molecule has 2 amide bonds. The Morgan fingerprint density at radius 3 is 2.54 bits per heavy atom. The van der Waals surface area contributed by atoms with E-state index in [4.69, 9.17) is 4.74 Å². The molecule has 1 saturated heterocycles. The first kappa shape index (κ1) is 18.7. The van der Waals surface area contributed by atoms with Gasteiger partial charge in [-0.15, -0.1) is 0 Å². The number of carbonyl (C=O) groups is 1. The van der Waals surface area contributed by atoms with Crippen LogP contribution in [0.1, 0.15) is 33.3 Å². The average molecular weight is 333 g/mol. The second-order valence-corrected chi connectivity index (χ2v) is 7.31. The Bertz CT molecular complexity index is 537. The molecule has 1 fully saturated rings. The minimum Gasteiger partial charge on any atom is -0.373 e. The number of anilines is 1. The van der Waals surface area contributed by atoms with E-state index in [2.05, 4.69) is 44.0 Å². The van der Waals surface area contributed by atoms with Gasteiger partial charge in [0, 0.05) is 38.9 Å². The normalized spacial score (nSPS) is 21.8. The molecule has 1 aliphatic heterocycles. The maximum Gasteiger partial charge on any atom is 0.321 e. The highest BCUT2D eigenvalue weighted by Crippen LogP contribution is 2.20. The van der Waals surface area contributed by atoms with Crippen LogP contribution in [0.4, 0.5) is 10.5 Å². The van der Waals surface area contributed by atoms with E-state index in [1.807, 2.05) is 25.2 Å². The molecule has 134 valence electrons. The SMILES string of the molecule is CC(C)CN(C)C(=O)Nc1ccccc1CN1C[C@@H](C)O[C@H](C)C1. The fourth-order valence-electron chi connectivity index (χ4n) is 3.28. The number of nitrogens with one attached hydrogen (secondary N) is 1. The number of hydrogen-bond donors (Lipinski definition) is 1. The van der Waals surface area contributed by atoms with Crippen LogP contribution in [0.2, 0.25) is 0 Å². The maximum absolute atomic E-state index is 12.4. The Labute approximate surface area is 146 Å². The molecule has 0 aliphatic carbocycles. The van der Waals surface area contributed by atoms with Crippen LogP contribution in [0, 0.1) is 5.92 Å². The van der Waals surface area contributed by atoms with Gasteiger partial charge in [0.15, 0.2) is 0 Å². The minimum atomic E-state index is -0.0557. The van der Waals surface area contributed by atoms with E-state index >= 15 is 0 Å². The van der Waals surface area contributed by atoms with Crippen molar-refractivity contribution in [2.75, 3.05) is 32.0 Å². The van der Waals surface area contributed by atoms with Crippen molar-refractivity contribution >= 4 is 11.7 Å². The zero-order chi connectivity index (χ0) is 17.7. The van der Waals surface area contributed by atoms with E-state index in [9.17, 15) is 4.79 Å². The highest BCUT2D eigenvalue weighted by molar-refractivity contribution is 5.90. The van der Waals surface area contributed by atoms with Crippen LogP contribution in [0.15, 0.2) is 24.3 Å². The lowest BCUT2D eigenvalue weighted by Gasteiger charge is -2.35. The molecule has 0 unspecified atom stereocenters. The van der Waals surface area contributed by atoms with Gasteiger partial charge < -0.3 is 15.0 Å². The van der Waals surface area contributed by atoms with Gasteiger partial charge in [0.1, 0.15) is 0 Å². The van der Waals surface area contributed by atoms with Crippen molar-refractivity contribution in [3.05, 3.63) is 29.8 Å². The topological polar surface area (TPSA) is 44.8 Å². The molecule has 2 rings (SSSR count). The lowest BCUT2D eigenvalue weighted by atomic mass is 10.1. The molecule has 0 spiro atoms. The fourth-order valence-corrected chi connectivity index (χ4v) is 3.28. The van der Waals surface area contributed by atoms with Crippen molar-refractivity contribution in [2.24, 2.45) is 5.92 Å². The number of rotatable bonds is 5. The fraction of sp³-hybridized carbons (Fsp3) is 0.632. The summed E-state index contributed by atoms with van der Waals surface area (Å²) in [5, 5.41) is 3.06. The van der Waals surface area contributed by atoms with E-state index in [-0.39, 0.29) is 18.2 Å². The van der Waals surface area contributed by atoms with Gasteiger partial charge in [-0.25, -0.2) is 4.79 Å². The van der Waals surface area contributed by atoms with Gasteiger partial charge in [-0.05, 0) is 31.4 Å². The number of benzene rings is 1. The van der Waals surface area contributed by atoms with Gasteiger partial charge in [0.2, 0.25) is 0 Å². The second-order valence-electron chi connectivity index (χ2n) is 7.31. The van der Waals surface area contributed by atoms with Crippen LogP contribution < -0.4 is 5.32 Å². The summed E-state index contributed by atoms with van der Waals surface area (Å²) in [7, 11) is 1.84. The average Bonchev–Trinajstić information content (AvgIpc) is 2.47. The number of ether oxygens (including phenoxy) is 1. The molecule has 1 heterocycles. The van der Waals surface area contributed by atoms with Gasteiger partial charge in [0.25, 0.3) is 0 Å². The molecule has 1 aliphatic rings. The first-order valence-corrected chi connectivity index (χ1v) is 8.83. The number of amides is 2. The van der Waals surface area contributed by atoms with Gasteiger partial charge in [-0.2, -0.15) is 0 Å². The predicted molar refractivity (Wildman–Crippen MR) is 98.2 cm³/mol. The molecule has 1 N–H and O–H groups in total. The summed E-state index contributed by atoms with van der Waals surface area (Å²) in [6.07, 6.45) is 0.486. The molecule has 0 radical (unpaired) electrons. The summed E-state index contributed by atoms with van der Waals surface area (Å²) in [5.74, 6) is 0.451. The number of morpholine rings is 1. The van der Waals surface area contributed by atoms with E-state index in [0.29, 0.717) is 5.92 Å². The number of para-hydroxylation sites is 1. The van der Waals surface area contributed by atoms with Crippen molar-refractivity contribution < 1.29 is 9.53 Å². The highest BCUT2D eigenvalue weighted by Gasteiger charge is 2.23. The van der Waals surface area contributed by atoms with Crippen LogP contribution >= 0.6 is 0 Å². The van der Waals surface area contributed by atoms with Crippen LogP contribution in [-0.2, 0) is 11.3 Å². The third-order valence-electron chi connectivity index (χ3n) is 4.13. The number of hydrogen-bond acceptors (Lipinski definition) is 3. The smallest absolute Gasteiger partial charge is 0.321 e. The largest absolute Gasteiger partial charge is 0.373 e. The number of nitrogens with zero attached hydrogens (tertiary/aromatic N) is 2. The molecular weight excluding hydrogens is 302 g/mol. The van der Waals surface area contributed by atoms with E-state index in [1.54, 1.807) is 4.90 Å². The minimum absolute atomic E-state index is 0.0557. The predicted octanol–water partition coefficient (Wildman–Crippen LogP) is 3.42. The van der Waals surface area contributed by atoms with Crippen LogP contribution in [0.5, 0.6) is 0 Å². The number of carbonyl (C=O) groups excluding carboxylic acids is 1. The third kappa shape index (κ3) is 5.49. The lowest BCUT2D eigenvalue weighted by Crippen LogP contribution is -2.45. The summed E-state index contributed by atoms with van der Waals surface area (Å²) in [6.45, 7) is 11.8. The first-order valence-electron chi connectivity index (χ1n) is 8.83. The summed E-state index contributed by atoms with van der Waals surface area (Å²) in [5.41, 5.74) is 2.04. The van der Waals surface area contributed by atoms with Crippen molar-refractivity contribution in [2.45, 2.75) is 46.4 Å². The Balaban J connectivity index is 2.03. The van der Waals surface area contributed by atoms with Gasteiger partial charge in [-0.3, -0.25) is 4.90 Å². The molecule has 24 heavy (non-hydrogen) atoms. The highest BCUT2D eigenvalue weighted by atomic mass is 16.5. The second kappa shape index (κ2) is 8.49. The molecule has 1 aromatic carbocycles. The van der Waals surface area contributed by atoms with Gasteiger partial charge in [-0.1, -0.05) is 32.0 Å². The van der Waals surface area contributed by atoms with Crippen molar-refractivity contribution in [3.63, 3.8) is 0 Å². The zero-order valence-corrected chi connectivity index (χ0v) is 15.6. The quantitative estimate of drug-likeness (QED) is 0.898. The molecule has 0 saturated carbocycles. The van der Waals surface area contributed by atoms with Crippen molar-refractivity contribution in [1.82, 2.24) is 9.80 Å². The molecule has 5 nitrogen and oxygen atoms in total. The van der Waals surface area contributed by atoms with Crippen molar-refractivity contribution in [1.29, 1.82) is 0 Å². The summed E-state index contributed by atoms with van der Waals surface area (Å²) in [6, 6.07) is 7.99. The molecule has 0 bridgehead atoms. The first-order chi connectivity index (χ1) is 11.3. The standard InChI is InChI=1S/C19H31N3O2/c1-14(2)10-21(5)19(23)20-18-9-7-6-8-17(18)13-22-11-15(3)24-16(4)12-22/h6-9,14-16H,10-13H2,1-5H3,(H,20,23)/t15-,16-/m1/s1. The molecule has 1 aromatic rings. The van der Waals surface area contributed by atoms with E-state index < -0.39 is 0 Å². The van der Waals surface area contributed by atoms with Crippen LogP contribution in [0.25, 0.3) is 0 Å². The van der Waals surface area contributed by atoms with Gasteiger partial charge >= 0.3 is 6.03 Å². The molecule has 0 aromatic heterocycles. The number of urea groups is 1. The molecular formula is C19H31N3O2. The van der Waals surface area contributed by atoms with Crippen LogP contribution in [0.3, 0.4) is 0 Å². The maximum atomic E-state index is 12.4. The lowest BCUT2D eigenvalue weighted by molar-refractivity contribution is -0.0704. The molecule has 5 heteroatoms. The van der Waals surface area contributed by atoms with Gasteiger partial charge in [0.05, 0.1) is 12.2 Å².